The van der Waals surface area contributed by atoms with E-state index in [1.54, 1.807) is 46.0 Å². The number of anilines is 2. The fraction of sp³-hybridized carbons (Fsp3) is 0.452. The minimum absolute atomic E-state index is 0.142. The number of ether oxygens (including phenoxy) is 2. The molecule has 45 heavy (non-hydrogen) atoms. The molecule has 0 unspecified atom stereocenters. The minimum Gasteiger partial charge on any atom is -0.479 e. The monoisotopic (exact) mass is 640 g/mol. The van der Waals surface area contributed by atoms with Crippen molar-refractivity contribution in [3.63, 3.8) is 0 Å². The van der Waals surface area contributed by atoms with Crippen LogP contribution in [0.3, 0.4) is 0 Å². The highest BCUT2D eigenvalue weighted by molar-refractivity contribution is 7.93. The Kier molecular flexibility index (Phi) is 8.43. The van der Waals surface area contributed by atoms with Crippen molar-refractivity contribution in [3.05, 3.63) is 48.3 Å². The Bertz CT molecular complexity index is 1850. The van der Waals surface area contributed by atoms with Gasteiger partial charge in [-0.2, -0.15) is 9.38 Å². The second-order valence-electron chi connectivity index (χ2n) is 12.3. The summed E-state index contributed by atoms with van der Waals surface area (Å²) in [5.74, 6) is 3.80. The predicted octanol–water partition coefficient (Wildman–Crippen LogP) is 4.99. The fourth-order valence-corrected chi connectivity index (χ4v) is 7.94. The number of aromatic nitrogens is 3. The number of halogens is 2. The number of nitrogens with zero attached hydrogens (tertiary/aromatic N) is 4. The number of rotatable bonds is 7. The summed E-state index contributed by atoms with van der Waals surface area (Å²) >= 11 is 0. The zero-order chi connectivity index (χ0) is 32.6. The van der Waals surface area contributed by atoms with Gasteiger partial charge in [-0.3, -0.25) is 0 Å². The van der Waals surface area contributed by atoms with E-state index in [2.05, 4.69) is 42.4 Å². The van der Waals surface area contributed by atoms with Crippen LogP contribution in [0.2, 0.25) is 0 Å². The number of alkyl halides is 1. The highest BCUT2D eigenvalue weighted by Crippen LogP contribution is 2.49. The second kappa shape index (κ2) is 11.8. The summed E-state index contributed by atoms with van der Waals surface area (Å²) in [4.78, 5) is 29.4. The van der Waals surface area contributed by atoms with Crippen molar-refractivity contribution in [3.8, 4) is 17.6 Å². The van der Waals surface area contributed by atoms with Gasteiger partial charge in [0, 0.05) is 17.1 Å². The minimum atomic E-state index is -4.33. The largest absolute Gasteiger partial charge is 0.479 e. The molecule has 238 valence electrons. The average molecular weight is 641 g/mol. The maximum absolute atomic E-state index is 15.4. The van der Waals surface area contributed by atoms with E-state index in [4.69, 9.17) is 9.47 Å². The lowest BCUT2D eigenvalue weighted by molar-refractivity contribution is 0.0602. The summed E-state index contributed by atoms with van der Waals surface area (Å²) in [5, 5.41) is 6.73. The summed E-state index contributed by atoms with van der Waals surface area (Å²) in [6, 6.07) is 4.92. The Hall–Kier alpha value is -4.38. The molecule has 0 spiro atoms. The highest BCUT2D eigenvalue weighted by Gasteiger charge is 2.64. The molecule has 3 aromatic heterocycles. The van der Waals surface area contributed by atoms with Gasteiger partial charge in [-0.15, -0.1) is 5.92 Å². The van der Waals surface area contributed by atoms with E-state index in [9.17, 15) is 17.6 Å². The van der Waals surface area contributed by atoms with E-state index >= 15 is 4.39 Å². The van der Waals surface area contributed by atoms with Crippen molar-refractivity contribution in [1.29, 1.82) is 0 Å². The number of amides is 1. The first-order valence-corrected chi connectivity index (χ1v) is 16.0. The third-order valence-corrected chi connectivity index (χ3v) is 10.3. The molecule has 1 amide bonds. The number of aliphatic imine (C=N–C) groups is 1. The number of carbonyl (C=O) groups excluding carboxylic acids is 1. The Labute approximate surface area is 260 Å². The van der Waals surface area contributed by atoms with E-state index in [0.29, 0.717) is 35.3 Å². The number of amidine groups is 1. The van der Waals surface area contributed by atoms with Crippen molar-refractivity contribution in [2.45, 2.75) is 63.3 Å². The third-order valence-electron chi connectivity index (χ3n) is 7.62. The summed E-state index contributed by atoms with van der Waals surface area (Å²) in [5.41, 5.74) is -1.99. The van der Waals surface area contributed by atoms with Crippen LogP contribution >= 0.6 is 0 Å². The SMILES string of the molecule is CC#CCOc1cnc2c(Nc3cnc(F)c([C@]4(C)CS(=O)(=O)[C@@](CF)(C5CC5)/C(=N/C(=O)OC(C)(C)C)N4)c3)nccc2c1. The topological polar surface area (TPSA) is 145 Å². The number of pyridine rings is 3. The van der Waals surface area contributed by atoms with Crippen LogP contribution in [0.25, 0.3) is 10.9 Å². The van der Waals surface area contributed by atoms with Gasteiger partial charge in [-0.1, -0.05) is 5.92 Å². The molecule has 0 radical (unpaired) electrons. The first kappa shape index (κ1) is 32.0. The van der Waals surface area contributed by atoms with Crippen LogP contribution in [0.15, 0.2) is 41.8 Å². The molecule has 2 fully saturated rings. The molecular weight excluding hydrogens is 606 g/mol. The van der Waals surface area contributed by atoms with Crippen LogP contribution in [0.1, 0.15) is 53.0 Å². The van der Waals surface area contributed by atoms with Gasteiger partial charge in [-0.05, 0) is 71.6 Å². The number of nitrogens with one attached hydrogen (secondary N) is 2. The highest BCUT2D eigenvalue weighted by atomic mass is 32.2. The van der Waals surface area contributed by atoms with Crippen molar-refractivity contribution in [1.82, 2.24) is 20.3 Å². The molecular formula is C31H34F2N6O5S. The van der Waals surface area contributed by atoms with E-state index < -0.39 is 61.9 Å². The lowest BCUT2D eigenvalue weighted by Gasteiger charge is -2.45. The van der Waals surface area contributed by atoms with E-state index in [0.717, 1.165) is 0 Å². The van der Waals surface area contributed by atoms with Crippen molar-refractivity contribution >= 4 is 44.2 Å². The van der Waals surface area contributed by atoms with E-state index in [1.165, 1.54) is 25.4 Å². The van der Waals surface area contributed by atoms with Crippen LogP contribution in [0, 0.1) is 23.7 Å². The summed E-state index contributed by atoms with van der Waals surface area (Å²) in [6.07, 6.45) is 4.12. The molecule has 1 aliphatic heterocycles. The lowest BCUT2D eigenvalue weighted by Crippen LogP contribution is -2.68. The zero-order valence-electron chi connectivity index (χ0n) is 25.6. The molecule has 1 aliphatic carbocycles. The van der Waals surface area contributed by atoms with Gasteiger partial charge in [0.2, 0.25) is 5.95 Å². The summed E-state index contributed by atoms with van der Waals surface area (Å²) in [6.45, 7) is 6.94. The molecule has 3 aromatic rings. The molecule has 0 aromatic carbocycles. The normalized spacial score (nSPS) is 23.5. The zero-order valence-corrected chi connectivity index (χ0v) is 26.4. The predicted molar refractivity (Wildman–Crippen MR) is 165 cm³/mol. The van der Waals surface area contributed by atoms with Crippen molar-refractivity contribution in [2.24, 2.45) is 10.9 Å². The summed E-state index contributed by atoms with van der Waals surface area (Å²) < 4.78 is 66.9. The summed E-state index contributed by atoms with van der Waals surface area (Å²) in [7, 11) is -4.33. The molecule has 1 saturated heterocycles. The van der Waals surface area contributed by atoms with Gasteiger partial charge in [0.05, 0.1) is 29.4 Å². The Morgan fingerprint density at radius 1 is 1.22 bits per heavy atom. The molecule has 14 heteroatoms. The number of fused-ring (bicyclic) bond motifs is 1. The average Bonchev–Trinajstić information content (AvgIpc) is 3.79. The van der Waals surface area contributed by atoms with Gasteiger partial charge in [0.25, 0.3) is 0 Å². The van der Waals surface area contributed by atoms with E-state index in [-0.39, 0.29) is 17.9 Å². The Balaban J connectivity index is 1.51. The number of hydrogen-bond donors (Lipinski definition) is 2. The van der Waals surface area contributed by atoms with Crippen molar-refractivity contribution in [2.75, 3.05) is 24.4 Å². The smallest absolute Gasteiger partial charge is 0.435 e. The standard InChI is InChI=1S/C31H34F2N6O5S/c1-6-7-12-43-22-13-19-10-11-34-26(24(19)35-16-22)37-21-14-23(25(33)36-15-21)30(5)18-45(41,42)31(17-32,20-8-9-20)27(39-30)38-28(40)44-29(2,3)4/h10-11,13-16,20H,8-9,12,17-18H2,1-5H3,(H,34,37)(H,38,39,40)/t30-,31-/m0/s1. The van der Waals surface area contributed by atoms with Crippen LogP contribution in [-0.2, 0) is 20.1 Å². The van der Waals surface area contributed by atoms with Gasteiger partial charge in [0.15, 0.2) is 20.4 Å². The molecule has 1 saturated carbocycles. The van der Waals surface area contributed by atoms with Crippen LogP contribution in [-0.4, -0.2) is 64.7 Å². The molecule has 2 atom stereocenters. The first-order valence-electron chi connectivity index (χ1n) is 14.3. The van der Waals surface area contributed by atoms with Crippen LogP contribution < -0.4 is 15.4 Å². The van der Waals surface area contributed by atoms with E-state index in [1.807, 2.05) is 0 Å². The Morgan fingerprint density at radius 2 is 1.98 bits per heavy atom. The molecule has 2 N–H and O–H groups in total. The number of hydrogen-bond acceptors (Lipinski definition) is 9. The molecule has 0 bridgehead atoms. The lowest BCUT2D eigenvalue weighted by atomic mass is 9.91. The molecule has 5 rings (SSSR count). The van der Waals surface area contributed by atoms with Gasteiger partial charge < -0.3 is 20.1 Å². The fourth-order valence-electron chi connectivity index (χ4n) is 5.40. The quantitative estimate of drug-likeness (QED) is 0.268. The number of carbonyl (C=O) groups is 1. The third kappa shape index (κ3) is 6.40. The van der Waals surface area contributed by atoms with Gasteiger partial charge >= 0.3 is 6.09 Å². The molecule has 2 aliphatic rings. The number of sulfone groups is 1. The Morgan fingerprint density at radius 3 is 2.64 bits per heavy atom. The maximum atomic E-state index is 15.4. The maximum Gasteiger partial charge on any atom is 0.435 e. The van der Waals surface area contributed by atoms with Gasteiger partial charge in [-0.25, -0.2) is 32.6 Å². The molecule has 4 heterocycles. The van der Waals surface area contributed by atoms with Crippen molar-refractivity contribution < 1.29 is 31.5 Å². The van der Waals surface area contributed by atoms with Crippen LogP contribution in [0.5, 0.6) is 5.75 Å². The van der Waals surface area contributed by atoms with Gasteiger partial charge in [0.1, 0.15) is 36.0 Å². The second-order valence-corrected chi connectivity index (χ2v) is 14.5. The molecule has 11 nitrogen and oxygen atoms in total. The van der Waals surface area contributed by atoms with Crippen LogP contribution in [0.4, 0.5) is 25.1 Å². The first-order chi connectivity index (χ1) is 21.2.